The molecule has 0 radical (unpaired) electrons. The normalized spacial score (nSPS) is 33.8. The van der Waals surface area contributed by atoms with Gasteiger partial charge in [-0.1, -0.05) is 0 Å². The number of hydrogen-bond acceptors (Lipinski definition) is 9. The summed E-state index contributed by atoms with van der Waals surface area (Å²) in [4.78, 5) is 10.4. The first-order valence-corrected chi connectivity index (χ1v) is 8.18. The van der Waals surface area contributed by atoms with Crippen molar-refractivity contribution in [2.75, 3.05) is 12.4 Å². The zero-order valence-corrected chi connectivity index (χ0v) is 12.2. The van der Waals surface area contributed by atoms with E-state index in [0.29, 0.717) is 0 Å². The van der Waals surface area contributed by atoms with Crippen LogP contribution < -0.4 is 0 Å². The van der Waals surface area contributed by atoms with Crippen LogP contribution in [0.4, 0.5) is 0 Å². The Morgan fingerprint density at radius 2 is 1.90 bits per heavy atom. The van der Waals surface area contributed by atoms with E-state index < -0.39 is 52.8 Å². The molecule has 1 rings (SSSR count). The summed E-state index contributed by atoms with van der Waals surface area (Å²) in [5.41, 5.74) is -1.13. The number of hydrogen-bond donors (Lipinski definition) is 5. The smallest absolute Gasteiger partial charge is 0.397 e. The summed E-state index contributed by atoms with van der Waals surface area (Å²) in [5.74, 6) is -1.03. The summed E-state index contributed by atoms with van der Waals surface area (Å²) >= 11 is 0.853. The average Bonchev–Trinajstić information content (AvgIpc) is 2.35. The van der Waals surface area contributed by atoms with Gasteiger partial charge >= 0.3 is 16.4 Å². The Morgan fingerprint density at radius 1 is 1.29 bits per heavy atom. The molecule has 0 amide bonds. The second kappa shape index (κ2) is 7.69. The molecule has 0 aliphatic carbocycles. The third-order valence-corrected chi connectivity index (χ3v) is 4.28. The van der Waals surface area contributed by atoms with Crippen molar-refractivity contribution in [2.24, 2.45) is 0 Å². The van der Waals surface area contributed by atoms with Crippen molar-refractivity contribution in [3.63, 3.8) is 0 Å². The van der Waals surface area contributed by atoms with Gasteiger partial charge in [0, 0.05) is 5.75 Å². The van der Waals surface area contributed by atoms with Gasteiger partial charge in [0.2, 0.25) is 0 Å². The quantitative estimate of drug-likeness (QED) is 0.317. The van der Waals surface area contributed by atoms with Crippen LogP contribution in [0.25, 0.3) is 0 Å². The van der Waals surface area contributed by atoms with Crippen molar-refractivity contribution in [3.05, 3.63) is 0 Å². The predicted molar refractivity (Wildman–Crippen MR) is 68.9 cm³/mol. The Bertz CT molecular complexity index is 451. The molecule has 10 nitrogen and oxygen atoms in total. The van der Waals surface area contributed by atoms with Gasteiger partial charge in [0.15, 0.2) is 0 Å². The number of carboxylic acid groups (broad SMARTS) is 1. The van der Waals surface area contributed by atoms with E-state index in [2.05, 4.69) is 4.18 Å². The number of aliphatic hydroxyl groups is 3. The van der Waals surface area contributed by atoms with E-state index >= 15 is 0 Å². The van der Waals surface area contributed by atoms with Crippen molar-refractivity contribution in [3.8, 4) is 0 Å². The zero-order valence-electron chi connectivity index (χ0n) is 10.6. The van der Waals surface area contributed by atoms with Gasteiger partial charge in [-0.15, -0.1) is 11.8 Å². The predicted octanol–water partition coefficient (Wildman–Crippen LogP) is -2.18. The van der Waals surface area contributed by atoms with Gasteiger partial charge in [-0.2, -0.15) is 8.42 Å². The summed E-state index contributed by atoms with van der Waals surface area (Å²) < 4.78 is 39.4. The van der Waals surface area contributed by atoms with Gasteiger partial charge in [0.1, 0.15) is 29.9 Å². The van der Waals surface area contributed by atoms with Crippen LogP contribution >= 0.6 is 11.8 Å². The Kier molecular flexibility index (Phi) is 6.80. The number of aliphatic carboxylic acids is 1. The molecular formula is C9H16O10S2. The molecule has 1 unspecified atom stereocenters. The molecule has 0 aromatic heterocycles. The third kappa shape index (κ3) is 5.67. The second-order valence-electron chi connectivity index (χ2n) is 4.21. The van der Waals surface area contributed by atoms with Gasteiger partial charge in [0.05, 0.1) is 13.0 Å². The lowest BCUT2D eigenvalue weighted by Gasteiger charge is -2.40. The largest absolute Gasteiger partial charge is 0.481 e. The van der Waals surface area contributed by atoms with E-state index in [1.165, 1.54) is 0 Å². The van der Waals surface area contributed by atoms with Gasteiger partial charge in [-0.3, -0.25) is 9.35 Å². The minimum absolute atomic E-state index is 0.0455. The lowest BCUT2D eigenvalue weighted by atomic mass is 10.0. The van der Waals surface area contributed by atoms with Crippen LogP contribution in [-0.4, -0.2) is 81.6 Å². The first kappa shape index (κ1) is 18.6. The van der Waals surface area contributed by atoms with Gasteiger partial charge in [-0.05, 0) is 0 Å². The highest BCUT2D eigenvalue weighted by Gasteiger charge is 2.47. The third-order valence-electron chi connectivity index (χ3n) is 2.65. The molecular weight excluding hydrogens is 332 g/mol. The molecule has 0 aromatic carbocycles. The Labute approximate surface area is 124 Å². The molecule has 0 saturated carbocycles. The van der Waals surface area contributed by atoms with E-state index in [4.69, 9.17) is 19.5 Å². The first-order chi connectivity index (χ1) is 9.65. The van der Waals surface area contributed by atoms with Crippen LogP contribution in [0.3, 0.4) is 0 Å². The summed E-state index contributed by atoms with van der Waals surface area (Å²) in [6.45, 7) is -0.685. The molecule has 5 atom stereocenters. The van der Waals surface area contributed by atoms with E-state index in [1.807, 2.05) is 0 Å². The molecule has 21 heavy (non-hydrogen) atoms. The first-order valence-electron chi connectivity index (χ1n) is 5.77. The number of carboxylic acids is 1. The van der Waals surface area contributed by atoms with Crippen molar-refractivity contribution < 1.29 is 47.1 Å². The van der Waals surface area contributed by atoms with Gasteiger partial charge in [-0.25, -0.2) is 4.18 Å². The fourth-order valence-electron chi connectivity index (χ4n) is 1.71. The Morgan fingerprint density at radius 3 is 2.38 bits per heavy atom. The molecule has 1 aliphatic heterocycles. The van der Waals surface area contributed by atoms with E-state index in [1.54, 1.807) is 0 Å². The van der Waals surface area contributed by atoms with Crippen LogP contribution in [0.15, 0.2) is 0 Å². The fraction of sp³-hybridized carbons (Fsp3) is 0.889. The van der Waals surface area contributed by atoms with Crippen LogP contribution in [0.1, 0.15) is 6.42 Å². The molecule has 0 aromatic rings. The van der Waals surface area contributed by atoms with Crippen molar-refractivity contribution in [1.82, 2.24) is 0 Å². The number of rotatable bonds is 7. The SMILES string of the molecule is O=C(O)CCSC1O[C@H](CO)[C@H](O)[C@H](OS(=O)(=O)O)[C@H]1O. The summed E-state index contributed by atoms with van der Waals surface area (Å²) in [7, 11) is -4.94. The van der Waals surface area contributed by atoms with Crippen molar-refractivity contribution in [2.45, 2.75) is 36.3 Å². The molecule has 124 valence electrons. The summed E-state index contributed by atoms with van der Waals surface area (Å²) in [6, 6.07) is 0. The maximum atomic E-state index is 10.7. The number of ether oxygens (including phenoxy) is 1. The molecule has 12 heteroatoms. The molecule has 5 N–H and O–H groups in total. The van der Waals surface area contributed by atoms with E-state index in [0.717, 1.165) is 11.8 Å². The Hall–Kier alpha value is -0.470. The van der Waals surface area contributed by atoms with Crippen LogP contribution in [0, 0.1) is 0 Å². The molecule has 0 spiro atoms. The van der Waals surface area contributed by atoms with Crippen molar-refractivity contribution in [1.29, 1.82) is 0 Å². The van der Waals surface area contributed by atoms with Gasteiger partial charge < -0.3 is 25.2 Å². The Balaban J connectivity index is 2.78. The van der Waals surface area contributed by atoms with Crippen LogP contribution in [-0.2, 0) is 24.1 Å². The van der Waals surface area contributed by atoms with Crippen LogP contribution in [0.2, 0.25) is 0 Å². The number of aliphatic hydroxyl groups excluding tert-OH is 3. The highest BCUT2D eigenvalue weighted by atomic mass is 32.3. The molecule has 1 heterocycles. The maximum absolute atomic E-state index is 10.7. The summed E-state index contributed by atoms with van der Waals surface area (Å²) in [6.07, 6.45) is -6.56. The highest BCUT2D eigenvalue weighted by molar-refractivity contribution is 7.99. The topological polar surface area (TPSA) is 171 Å². The maximum Gasteiger partial charge on any atom is 0.397 e. The molecule has 1 saturated heterocycles. The monoisotopic (exact) mass is 348 g/mol. The van der Waals surface area contributed by atoms with Crippen LogP contribution in [0.5, 0.6) is 0 Å². The van der Waals surface area contributed by atoms with E-state index in [9.17, 15) is 23.4 Å². The molecule has 1 aliphatic rings. The molecule has 0 bridgehead atoms. The number of thioether (sulfide) groups is 1. The highest BCUT2D eigenvalue weighted by Crippen LogP contribution is 2.31. The zero-order chi connectivity index (χ0) is 16.2. The lowest BCUT2D eigenvalue weighted by Crippen LogP contribution is -2.59. The molecule has 1 fully saturated rings. The summed E-state index contributed by atoms with van der Waals surface area (Å²) in [5, 5.41) is 37.2. The number of carbonyl (C=O) groups is 1. The van der Waals surface area contributed by atoms with Crippen molar-refractivity contribution >= 4 is 28.1 Å². The second-order valence-corrected chi connectivity index (χ2v) is 6.46. The minimum Gasteiger partial charge on any atom is -0.481 e. The van der Waals surface area contributed by atoms with E-state index in [-0.39, 0.29) is 12.2 Å². The standard InChI is InChI=1S/C9H16O10S2/c10-3-4-6(13)8(19-21(15,16)17)7(14)9(18-4)20-2-1-5(11)12/h4,6-10,13-14H,1-3H2,(H,11,12)(H,15,16,17)/t4-,6+,7-,8+,9?/m1/s1. The minimum atomic E-state index is -4.94. The van der Waals surface area contributed by atoms with Gasteiger partial charge in [0.25, 0.3) is 0 Å². The fourth-order valence-corrected chi connectivity index (χ4v) is 3.31. The average molecular weight is 348 g/mol. The lowest BCUT2D eigenvalue weighted by molar-refractivity contribution is -0.198.